The highest BCUT2D eigenvalue weighted by Crippen LogP contribution is 2.27. The minimum absolute atomic E-state index is 0.439. The lowest BCUT2D eigenvalue weighted by molar-refractivity contribution is 0.108. The van der Waals surface area contributed by atoms with Gasteiger partial charge in [-0.05, 0) is 55.8 Å². The monoisotopic (exact) mass is 241 g/mol. The molecular weight excluding hydrogens is 226 g/mol. The maximum absolute atomic E-state index is 10.6. The van der Waals surface area contributed by atoms with Crippen LogP contribution in [0.15, 0.2) is 48.8 Å². The van der Waals surface area contributed by atoms with Gasteiger partial charge in [0.15, 0.2) is 0 Å². The van der Waals surface area contributed by atoms with E-state index in [9.17, 15) is 4.79 Å². The highest BCUT2D eigenvalue weighted by Gasteiger charge is 2.22. The average Bonchev–Trinajstić information content (AvgIpc) is 2.40. The molecule has 2 aromatic rings. The summed E-state index contributed by atoms with van der Waals surface area (Å²) in [7, 11) is 0. The Kier molecular flexibility index (Phi) is 3.42. The van der Waals surface area contributed by atoms with E-state index in [0.29, 0.717) is 5.56 Å². The minimum Gasteiger partial charge on any atom is -0.483 e. The van der Waals surface area contributed by atoms with Gasteiger partial charge in [-0.2, -0.15) is 0 Å². The van der Waals surface area contributed by atoms with Gasteiger partial charge in [-0.15, -0.1) is 0 Å². The lowest BCUT2D eigenvalue weighted by atomic mass is 9.99. The van der Waals surface area contributed by atoms with Crippen molar-refractivity contribution >= 4 is 6.29 Å². The minimum atomic E-state index is -0.439. The largest absolute Gasteiger partial charge is 0.483 e. The molecule has 0 unspecified atom stereocenters. The third-order valence-corrected chi connectivity index (χ3v) is 2.76. The van der Waals surface area contributed by atoms with E-state index in [1.165, 1.54) is 0 Å². The summed E-state index contributed by atoms with van der Waals surface area (Å²) in [5.41, 5.74) is 1.26. The molecule has 1 aromatic carbocycles. The number of benzene rings is 1. The van der Waals surface area contributed by atoms with Crippen LogP contribution in [0.3, 0.4) is 0 Å². The summed E-state index contributed by atoms with van der Waals surface area (Å²) in [6.45, 7) is 3.99. The van der Waals surface area contributed by atoms with Crippen molar-refractivity contribution in [3.05, 3.63) is 59.9 Å². The van der Waals surface area contributed by atoms with Gasteiger partial charge in [0.2, 0.25) is 0 Å². The van der Waals surface area contributed by atoms with E-state index in [4.69, 9.17) is 4.74 Å². The predicted molar refractivity (Wildman–Crippen MR) is 69.7 cm³/mol. The Bertz CT molecular complexity index is 518. The number of carbonyl (C=O) groups is 1. The van der Waals surface area contributed by atoms with Crippen molar-refractivity contribution in [2.24, 2.45) is 0 Å². The molecule has 92 valence electrons. The molecular formula is C15H15NO2. The molecule has 0 atom stereocenters. The maximum atomic E-state index is 10.6. The number of pyridine rings is 1. The molecule has 0 bridgehead atoms. The van der Waals surface area contributed by atoms with Gasteiger partial charge in [0.05, 0.1) is 0 Å². The Morgan fingerprint density at radius 3 is 2.22 bits per heavy atom. The third kappa shape index (κ3) is 2.74. The Labute approximate surface area is 106 Å². The van der Waals surface area contributed by atoms with E-state index in [-0.39, 0.29) is 0 Å². The molecule has 0 saturated carbocycles. The SMILES string of the molecule is CC(C)(Oc1ccc(C=O)cc1)c1ccncc1. The zero-order valence-electron chi connectivity index (χ0n) is 10.5. The van der Waals surface area contributed by atoms with E-state index >= 15 is 0 Å². The Balaban J connectivity index is 2.19. The first kappa shape index (κ1) is 12.3. The van der Waals surface area contributed by atoms with E-state index in [0.717, 1.165) is 17.6 Å². The molecule has 0 saturated heterocycles. The summed E-state index contributed by atoms with van der Waals surface area (Å²) in [5, 5.41) is 0. The van der Waals surface area contributed by atoms with Crippen LogP contribution in [0.1, 0.15) is 29.8 Å². The topological polar surface area (TPSA) is 39.2 Å². The van der Waals surface area contributed by atoms with Gasteiger partial charge < -0.3 is 4.74 Å². The Morgan fingerprint density at radius 1 is 1.06 bits per heavy atom. The number of hydrogen-bond acceptors (Lipinski definition) is 3. The van der Waals surface area contributed by atoms with Crippen LogP contribution in [0.4, 0.5) is 0 Å². The molecule has 18 heavy (non-hydrogen) atoms. The molecule has 0 fully saturated rings. The standard InChI is InChI=1S/C15H15NO2/c1-15(2,13-7-9-16-10-8-13)18-14-5-3-12(11-17)4-6-14/h3-11H,1-2H3. The number of rotatable bonds is 4. The molecule has 0 aliphatic carbocycles. The molecule has 0 aliphatic rings. The molecule has 1 heterocycles. The predicted octanol–water partition coefficient (Wildman–Crippen LogP) is 3.21. The molecule has 3 heteroatoms. The highest BCUT2D eigenvalue weighted by atomic mass is 16.5. The van der Waals surface area contributed by atoms with Crippen molar-refractivity contribution in [3.63, 3.8) is 0 Å². The molecule has 1 aromatic heterocycles. The van der Waals surface area contributed by atoms with E-state index in [1.54, 1.807) is 36.7 Å². The normalized spacial score (nSPS) is 11.0. The number of nitrogens with zero attached hydrogens (tertiary/aromatic N) is 1. The van der Waals surface area contributed by atoms with Crippen molar-refractivity contribution in [2.45, 2.75) is 19.4 Å². The van der Waals surface area contributed by atoms with E-state index in [1.807, 2.05) is 26.0 Å². The van der Waals surface area contributed by atoms with Crippen LogP contribution in [-0.4, -0.2) is 11.3 Å². The number of carbonyl (C=O) groups excluding carboxylic acids is 1. The van der Waals surface area contributed by atoms with Crippen molar-refractivity contribution < 1.29 is 9.53 Å². The Morgan fingerprint density at radius 2 is 1.67 bits per heavy atom. The average molecular weight is 241 g/mol. The summed E-state index contributed by atoms with van der Waals surface area (Å²) in [6, 6.07) is 10.9. The summed E-state index contributed by atoms with van der Waals surface area (Å²) < 4.78 is 5.94. The Hall–Kier alpha value is -2.16. The molecule has 0 N–H and O–H groups in total. The van der Waals surface area contributed by atoms with Crippen molar-refractivity contribution in [3.8, 4) is 5.75 Å². The maximum Gasteiger partial charge on any atom is 0.150 e. The molecule has 0 spiro atoms. The van der Waals surface area contributed by atoms with Gasteiger partial charge in [-0.1, -0.05) is 0 Å². The first-order chi connectivity index (χ1) is 8.62. The zero-order chi connectivity index (χ0) is 13.0. The third-order valence-electron chi connectivity index (χ3n) is 2.76. The van der Waals surface area contributed by atoms with Gasteiger partial charge in [0.25, 0.3) is 0 Å². The summed E-state index contributed by atoms with van der Waals surface area (Å²) in [6.07, 6.45) is 4.31. The van der Waals surface area contributed by atoms with Gasteiger partial charge in [-0.25, -0.2) is 0 Å². The van der Waals surface area contributed by atoms with Gasteiger partial charge in [-0.3, -0.25) is 9.78 Å². The fourth-order valence-corrected chi connectivity index (χ4v) is 1.72. The van der Waals surface area contributed by atoms with E-state index < -0.39 is 5.60 Å². The van der Waals surface area contributed by atoms with Crippen LogP contribution in [-0.2, 0) is 5.60 Å². The summed E-state index contributed by atoms with van der Waals surface area (Å²) in [4.78, 5) is 14.6. The lowest BCUT2D eigenvalue weighted by Gasteiger charge is -2.26. The van der Waals surface area contributed by atoms with Crippen molar-refractivity contribution in [1.82, 2.24) is 4.98 Å². The van der Waals surface area contributed by atoms with Crippen LogP contribution >= 0.6 is 0 Å². The number of ether oxygens (including phenoxy) is 1. The molecule has 0 aliphatic heterocycles. The second-order valence-electron chi connectivity index (χ2n) is 4.54. The number of aldehydes is 1. The van der Waals surface area contributed by atoms with E-state index in [2.05, 4.69) is 4.98 Å². The molecule has 0 amide bonds. The molecule has 0 radical (unpaired) electrons. The number of aromatic nitrogens is 1. The van der Waals surface area contributed by atoms with Crippen LogP contribution in [0.2, 0.25) is 0 Å². The van der Waals surface area contributed by atoms with Gasteiger partial charge in [0.1, 0.15) is 17.6 Å². The smallest absolute Gasteiger partial charge is 0.150 e. The van der Waals surface area contributed by atoms with Crippen molar-refractivity contribution in [2.75, 3.05) is 0 Å². The fraction of sp³-hybridized carbons (Fsp3) is 0.200. The second kappa shape index (κ2) is 5.00. The van der Waals surface area contributed by atoms with Crippen molar-refractivity contribution in [1.29, 1.82) is 0 Å². The molecule has 3 nitrogen and oxygen atoms in total. The molecule has 2 rings (SSSR count). The van der Waals surface area contributed by atoms with Crippen LogP contribution in [0, 0.1) is 0 Å². The summed E-state index contributed by atoms with van der Waals surface area (Å²) >= 11 is 0. The van der Waals surface area contributed by atoms with Gasteiger partial charge >= 0.3 is 0 Å². The van der Waals surface area contributed by atoms with Crippen LogP contribution in [0.5, 0.6) is 5.75 Å². The quantitative estimate of drug-likeness (QED) is 0.771. The highest BCUT2D eigenvalue weighted by molar-refractivity contribution is 5.74. The lowest BCUT2D eigenvalue weighted by Crippen LogP contribution is -2.25. The zero-order valence-corrected chi connectivity index (χ0v) is 10.5. The fourth-order valence-electron chi connectivity index (χ4n) is 1.72. The number of hydrogen-bond donors (Lipinski definition) is 0. The first-order valence-corrected chi connectivity index (χ1v) is 5.76. The van der Waals surface area contributed by atoms with Crippen LogP contribution < -0.4 is 4.74 Å². The first-order valence-electron chi connectivity index (χ1n) is 5.76. The van der Waals surface area contributed by atoms with Gasteiger partial charge in [0, 0.05) is 18.0 Å². The second-order valence-corrected chi connectivity index (χ2v) is 4.54. The summed E-state index contributed by atoms with van der Waals surface area (Å²) in [5.74, 6) is 0.738. The van der Waals surface area contributed by atoms with Crippen LogP contribution in [0.25, 0.3) is 0 Å².